The number of nitrogens with zero attached hydrogens (tertiary/aromatic N) is 3. The van der Waals surface area contributed by atoms with E-state index in [1.165, 1.54) is 7.11 Å². The molecule has 3 heterocycles. The van der Waals surface area contributed by atoms with E-state index >= 15 is 0 Å². The van der Waals surface area contributed by atoms with Crippen molar-refractivity contribution in [3.63, 3.8) is 0 Å². The number of aryl methyl sites for hydroxylation is 3. The third kappa shape index (κ3) is 3.89. The minimum Gasteiger partial charge on any atom is -0.453 e. The van der Waals surface area contributed by atoms with Gasteiger partial charge in [0.15, 0.2) is 0 Å². The van der Waals surface area contributed by atoms with E-state index in [2.05, 4.69) is 36.4 Å². The van der Waals surface area contributed by atoms with E-state index in [0.717, 1.165) is 39.3 Å². The van der Waals surface area contributed by atoms with E-state index in [0.29, 0.717) is 31.1 Å². The predicted octanol–water partition coefficient (Wildman–Crippen LogP) is 4.59. The summed E-state index contributed by atoms with van der Waals surface area (Å²) in [6.07, 6.45) is 2.17. The van der Waals surface area contributed by atoms with Gasteiger partial charge in [-0.2, -0.15) is 0 Å². The first-order valence-corrected chi connectivity index (χ1v) is 10.4. The minimum atomic E-state index is -0.324. The molecule has 3 aromatic rings. The van der Waals surface area contributed by atoms with Gasteiger partial charge in [-0.05, 0) is 55.7 Å². The van der Waals surface area contributed by atoms with Gasteiger partial charge in [0.2, 0.25) is 0 Å². The first kappa shape index (κ1) is 20.7. The number of amides is 1. The van der Waals surface area contributed by atoms with Crippen LogP contribution >= 0.6 is 11.6 Å². The van der Waals surface area contributed by atoms with Gasteiger partial charge in [0.25, 0.3) is 0 Å². The highest BCUT2D eigenvalue weighted by atomic mass is 35.5. The topological polar surface area (TPSA) is 56.1 Å². The van der Waals surface area contributed by atoms with Gasteiger partial charge in [0, 0.05) is 24.7 Å². The second kappa shape index (κ2) is 8.28. The summed E-state index contributed by atoms with van der Waals surface area (Å²) in [7, 11) is 1.40. The third-order valence-corrected chi connectivity index (χ3v) is 5.84. The number of hydrogen-bond acceptors (Lipinski definition) is 4. The molecular formula is C23H26ClN3O3. The highest BCUT2D eigenvalue weighted by molar-refractivity contribution is 6.33. The van der Waals surface area contributed by atoms with Crippen LogP contribution in [0.4, 0.5) is 4.79 Å². The van der Waals surface area contributed by atoms with Crippen molar-refractivity contribution in [2.45, 2.75) is 33.3 Å². The van der Waals surface area contributed by atoms with Crippen LogP contribution in [0.15, 0.2) is 30.5 Å². The maximum atomic E-state index is 12.0. The zero-order chi connectivity index (χ0) is 21.4. The number of pyridine rings is 1. The first-order valence-electron chi connectivity index (χ1n) is 10.1. The molecule has 1 saturated heterocycles. The molecule has 0 saturated carbocycles. The van der Waals surface area contributed by atoms with E-state index in [9.17, 15) is 4.79 Å². The fourth-order valence-corrected chi connectivity index (χ4v) is 4.57. The van der Waals surface area contributed by atoms with Crippen LogP contribution in [0.25, 0.3) is 16.9 Å². The number of ether oxygens (including phenoxy) is 2. The normalized spacial score (nSPS) is 16.8. The molecule has 0 radical (unpaired) electrons. The number of fused-ring (bicyclic) bond motifs is 1. The molecule has 2 aromatic heterocycles. The molecule has 1 atom stereocenters. The Morgan fingerprint density at radius 1 is 1.27 bits per heavy atom. The number of benzene rings is 1. The summed E-state index contributed by atoms with van der Waals surface area (Å²) in [6.45, 7) is 7.64. The lowest BCUT2D eigenvalue weighted by Gasteiger charge is -2.32. The molecule has 0 spiro atoms. The van der Waals surface area contributed by atoms with Crippen LogP contribution < -0.4 is 0 Å². The van der Waals surface area contributed by atoms with E-state index in [1.807, 2.05) is 19.2 Å². The quantitative estimate of drug-likeness (QED) is 0.613. The Morgan fingerprint density at radius 3 is 2.80 bits per heavy atom. The molecule has 0 bridgehead atoms. The third-order valence-electron chi connectivity index (χ3n) is 5.54. The van der Waals surface area contributed by atoms with Gasteiger partial charge in [-0.15, -0.1) is 0 Å². The number of carbonyl (C=O) groups excluding carboxylic acids is 1. The van der Waals surface area contributed by atoms with Crippen molar-refractivity contribution < 1.29 is 14.3 Å². The SMILES string of the molecule is COC(=O)N1CCO[C@@H](Cc2c(-c3c(C)cc(C)cc3Cl)nc3cc(C)ccn23)C1. The summed E-state index contributed by atoms with van der Waals surface area (Å²) in [4.78, 5) is 18.6. The first-order chi connectivity index (χ1) is 14.4. The molecule has 30 heavy (non-hydrogen) atoms. The number of methoxy groups -OCH3 is 1. The monoisotopic (exact) mass is 427 g/mol. The zero-order valence-electron chi connectivity index (χ0n) is 17.7. The lowest BCUT2D eigenvalue weighted by atomic mass is 9.99. The number of hydrogen-bond donors (Lipinski definition) is 0. The number of carbonyl (C=O) groups is 1. The number of halogens is 1. The molecule has 0 N–H and O–H groups in total. The maximum absolute atomic E-state index is 12.0. The van der Waals surface area contributed by atoms with Gasteiger partial charge in [0.05, 0.1) is 42.8 Å². The average Bonchev–Trinajstić information content (AvgIpc) is 3.03. The molecule has 1 amide bonds. The van der Waals surface area contributed by atoms with E-state index in [-0.39, 0.29) is 12.2 Å². The lowest BCUT2D eigenvalue weighted by Crippen LogP contribution is -2.46. The molecule has 4 rings (SSSR count). The molecule has 6 nitrogen and oxygen atoms in total. The standard InChI is InChI=1S/C23H26ClN3O3/c1-14-5-6-27-19(12-17-13-26(7-8-30-17)23(28)29-4)22(25-20(27)11-14)21-16(3)9-15(2)10-18(21)24/h5-6,9-11,17H,7-8,12-13H2,1-4H3/t17-/m0/s1. The molecular weight excluding hydrogens is 402 g/mol. The summed E-state index contributed by atoms with van der Waals surface area (Å²) >= 11 is 6.68. The number of rotatable bonds is 3. The van der Waals surface area contributed by atoms with E-state index in [1.54, 1.807) is 4.90 Å². The predicted molar refractivity (Wildman–Crippen MR) is 117 cm³/mol. The van der Waals surface area contributed by atoms with Gasteiger partial charge < -0.3 is 18.8 Å². The highest BCUT2D eigenvalue weighted by Crippen LogP contribution is 2.35. The Morgan fingerprint density at radius 2 is 2.07 bits per heavy atom. The summed E-state index contributed by atoms with van der Waals surface area (Å²) in [5, 5.41) is 0.689. The van der Waals surface area contributed by atoms with Gasteiger partial charge in [0.1, 0.15) is 5.65 Å². The van der Waals surface area contributed by atoms with E-state index in [4.69, 9.17) is 26.1 Å². The molecule has 158 valence electrons. The van der Waals surface area contributed by atoms with Crippen LogP contribution in [0.5, 0.6) is 0 Å². The van der Waals surface area contributed by atoms with Crippen LogP contribution in [0.1, 0.15) is 22.4 Å². The van der Waals surface area contributed by atoms with Crippen molar-refractivity contribution in [3.8, 4) is 11.3 Å². The Hall–Kier alpha value is -2.57. The number of imidazole rings is 1. The average molecular weight is 428 g/mol. The van der Waals surface area contributed by atoms with Crippen LogP contribution in [0, 0.1) is 20.8 Å². The van der Waals surface area contributed by atoms with Gasteiger partial charge in [-0.3, -0.25) is 0 Å². The summed E-state index contributed by atoms with van der Waals surface area (Å²) in [6, 6.07) is 8.22. The number of aromatic nitrogens is 2. The summed E-state index contributed by atoms with van der Waals surface area (Å²) < 4.78 is 13.0. The van der Waals surface area contributed by atoms with Crippen molar-refractivity contribution >= 4 is 23.3 Å². The maximum Gasteiger partial charge on any atom is 0.409 e. The van der Waals surface area contributed by atoms with Crippen LogP contribution in [-0.4, -0.2) is 53.3 Å². The van der Waals surface area contributed by atoms with Crippen molar-refractivity contribution in [1.29, 1.82) is 0 Å². The Bertz CT molecular complexity index is 1090. The van der Waals surface area contributed by atoms with Crippen molar-refractivity contribution in [2.24, 2.45) is 0 Å². The van der Waals surface area contributed by atoms with Crippen molar-refractivity contribution in [2.75, 3.05) is 26.8 Å². The molecule has 1 aromatic carbocycles. The fourth-order valence-electron chi connectivity index (χ4n) is 4.16. The fraction of sp³-hybridized carbons (Fsp3) is 0.391. The van der Waals surface area contributed by atoms with Crippen molar-refractivity contribution in [3.05, 3.63) is 57.9 Å². The molecule has 0 unspecified atom stereocenters. The van der Waals surface area contributed by atoms with Crippen LogP contribution in [-0.2, 0) is 15.9 Å². The summed E-state index contributed by atoms with van der Waals surface area (Å²) in [5.74, 6) is 0. The minimum absolute atomic E-state index is 0.151. The molecule has 1 aliphatic rings. The smallest absolute Gasteiger partial charge is 0.409 e. The molecule has 1 fully saturated rings. The van der Waals surface area contributed by atoms with Gasteiger partial charge in [-0.25, -0.2) is 9.78 Å². The lowest BCUT2D eigenvalue weighted by molar-refractivity contribution is -0.0241. The largest absolute Gasteiger partial charge is 0.453 e. The molecule has 1 aliphatic heterocycles. The van der Waals surface area contributed by atoms with Crippen LogP contribution in [0.2, 0.25) is 5.02 Å². The van der Waals surface area contributed by atoms with Gasteiger partial charge >= 0.3 is 6.09 Å². The van der Waals surface area contributed by atoms with E-state index < -0.39 is 0 Å². The van der Waals surface area contributed by atoms with Crippen LogP contribution in [0.3, 0.4) is 0 Å². The second-order valence-electron chi connectivity index (χ2n) is 7.89. The Labute approximate surface area is 181 Å². The second-order valence-corrected chi connectivity index (χ2v) is 8.30. The zero-order valence-corrected chi connectivity index (χ0v) is 18.5. The van der Waals surface area contributed by atoms with Gasteiger partial charge in [-0.1, -0.05) is 17.7 Å². The number of morpholine rings is 1. The highest BCUT2D eigenvalue weighted by Gasteiger charge is 2.28. The Kier molecular flexibility index (Phi) is 5.71. The molecule has 7 heteroatoms. The molecule has 0 aliphatic carbocycles. The Balaban J connectivity index is 1.79. The summed E-state index contributed by atoms with van der Waals surface area (Å²) in [5.41, 5.74) is 7.05. The van der Waals surface area contributed by atoms with Crippen molar-refractivity contribution in [1.82, 2.24) is 14.3 Å².